The number of aromatic nitrogens is 3. The number of rotatable bonds is 6. The number of carbonyl (C=O) groups excluding carboxylic acids is 2. The van der Waals surface area contributed by atoms with Crippen molar-refractivity contribution < 1.29 is 9.59 Å². The summed E-state index contributed by atoms with van der Waals surface area (Å²) in [6.07, 6.45) is 2.77. The van der Waals surface area contributed by atoms with Crippen LogP contribution in [0.5, 0.6) is 0 Å². The largest absolute Gasteiger partial charge is 0.354 e. The summed E-state index contributed by atoms with van der Waals surface area (Å²) in [4.78, 5) is 23.6. The van der Waals surface area contributed by atoms with Gasteiger partial charge in [0.05, 0.1) is 11.3 Å². The number of nitrogens with zero attached hydrogens (tertiary/aromatic N) is 3. The van der Waals surface area contributed by atoms with E-state index < -0.39 is 0 Å². The highest BCUT2D eigenvalue weighted by Gasteiger charge is 2.16. The van der Waals surface area contributed by atoms with Gasteiger partial charge in [-0.05, 0) is 32.9 Å². The van der Waals surface area contributed by atoms with Crippen molar-refractivity contribution in [1.29, 1.82) is 0 Å². The molecule has 0 aromatic carbocycles. The van der Waals surface area contributed by atoms with E-state index in [4.69, 9.17) is 0 Å². The number of carbonyl (C=O) groups is 2. The first-order chi connectivity index (χ1) is 10.4. The minimum Gasteiger partial charge on any atom is -0.354 e. The maximum absolute atomic E-state index is 12.0. The summed E-state index contributed by atoms with van der Waals surface area (Å²) >= 11 is 0. The van der Waals surface area contributed by atoms with E-state index in [0.29, 0.717) is 17.8 Å². The third-order valence-electron chi connectivity index (χ3n) is 3.78. The van der Waals surface area contributed by atoms with Gasteiger partial charge in [0.2, 0.25) is 5.91 Å². The van der Waals surface area contributed by atoms with Crippen LogP contribution in [-0.2, 0) is 24.8 Å². The number of hydrogen-bond acceptors (Lipinski definition) is 3. The van der Waals surface area contributed by atoms with Gasteiger partial charge in [-0.2, -0.15) is 5.10 Å². The van der Waals surface area contributed by atoms with Crippen LogP contribution in [0.4, 0.5) is 0 Å². The molecule has 0 aliphatic rings. The molecule has 0 bridgehead atoms. The Balaban J connectivity index is 1.91. The Morgan fingerprint density at radius 2 is 2.05 bits per heavy atom. The molecule has 0 radical (unpaired) electrons. The summed E-state index contributed by atoms with van der Waals surface area (Å²) < 4.78 is 3.62. The third-order valence-corrected chi connectivity index (χ3v) is 3.78. The van der Waals surface area contributed by atoms with Crippen LogP contribution >= 0.6 is 0 Å². The van der Waals surface area contributed by atoms with Gasteiger partial charge < -0.3 is 9.88 Å². The van der Waals surface area contributed by atoms with Gasteiger partial charge in [0.25, 0.3) is 0 Å². The first-order valence-corrected chi connectivity index (χ1v) is 7.32. The fourth-order valence-corrected chi connectivity index (χ4v) is 2.64. The number of ketones is 1. The van der Waals surface area contributed by atoms with Gasteiger partial charge in [0, 0.05) is 37.6 Å². The van der Waals surface area contributed by atoms with Gasteiger partial charge in [-0.15, -0.1) is 0 Å². The Hall–Kier alpha value is -2.37. The Labute approximate surface area is 130 Å². The molecule has 118 valence electrons. The summed E-state index contributed by atoms with van der Waals surface area (Å²) in [7, 11) is 1.98. The van der Waals surface area contributed by atoms with E-state index in [1.807, 2.05) is 36.9 Å². The molecule has 1 amide bonds. The van der Waals surface area contributed by atoms with Crippen molar-refractivity contribution in [3.63, 3.8) is 0 Å². The Bertz CT molecular complexity index is 697. The van der Waals surface area contributed by atoms with Crippen LogP contribution in [0.1, 0.15) is 34.4 Å². The summed E-state index contributed by atoms with van der Waals surface area (Å²) in [5.74, 6) is -0.125. The molecule has 2 aromatic rings. The first kappa shape index (κ1) is 16.0. The van der Waals surface area contributed by atoms with Crippen molar-refractivity contribution in [2.45, 2.75) is 33.7 Å². The number of Topliss-reactive ketones (excluding diaryl/α,β-unsaturated/α-hetero) is 1. The zero-order valence-corrected chi connectivity index (χ0v) is 13.5. The van der Waals surface area contributed by atoms with Crippen LogP contribution in [0.2, 0.25) is 0 Å². The second-order valence-electron chi connectivity index (χ2n) is 5.47. The SMILES string of the molecule is CC(=O)c1c(C)nn(CC(=O)NCCc2cccn2C)c1C. The smallest absolute Gasteiger partial charge is 0.241 e. The van der Waals surface area contributed by atoms with E-state index in [-0.39, 0.29) is 18.2 Å². The monoisotopic (exact) mass is 302 g/mol. The average Bonchev–Trinajstić information content (AvgIpc) is 2.94. The van der Waals surface area contributed by atoms with Crippen molar-refractivity contribution >= 4 is 11.7 Å². The number of aryl methyl sites for hydroxylation is 2. The lowest BCUT2D eigenvalue weighted by Gasteiger charge is -2.08. The van der Waals surface area contributed by atoms with Gasteiger partial charge >= 0.3 is 0 Å². The van der Waals surface area contributed by atoms with Gasteiger partial charge in [-0.25, -0.2) is 0 Å². The molecule has 0 spiro atoms. The zero-order valence-electron chi connectivity index (χ0n) is 13.5. The maximum Gasteiger partial charge on any atom is 0.241 e. The van der Waals surface area contributed by atoms with E-state index in [1.165, 1.54) is 12.6 Å². The van der Waals surface area contributed by atoms with Crippen molar-refractivity contribution in [1.82, 2.24) is 19.7 Å². The Morgan fingerprint density at radius 1 is 1.32 bits per heavy atom. The summed E-state index contributed by atoms with van der Waals surface area (Å²) in [5, 5.41) is 7.16. The molecular weight excluding hydrogens is 280 g/mol. The fourth-order valence-electron chi connectivity index (χ4n) is 2.64. The molecule has 1 N–H and O–H groups in total. The van der Waals surface area contributed by atoms with Crippen molar-refractivity contribution in [3.05, 3.63) is 41.0 Å². The molecule has 2 heterocycles. The molecule has 0 aliphatic carbocycles. The van der Waals surface area contributed by atoms with Crippen molar-refractivity contribution in [2.75, 3.05) is 6.54 Å². The maximum atomic E-state index is 12.0. The number of amides is 1. The summed E-state index contributed by atoms with van der Waals surface area (Å²) in [6.45, 7) is 5.82. The van der Waals surface area contributed by atoms with Crippen LogP contribution in [0.25, 0.3) is 0 Å². The van der Waals surface area contributed by atoms with E-state index in [2.05, 4.69) is 10.4 Å². The first-order valence-electron chi connectivity index (χ1n) is 7.32. The minimum atomic E-state index is -0.102. The van der Waals surface area contributed by atoms with Crippen LogP contribution in [-0.4, -0.2) is 32.6 Å². The lowest BCUT2D eigenvalue weighted by atomic mass is 10.1. The molecule has 6 heteroatoms. The normalized spacial score (nSPS) is 10.7. The number of nitrogens with one attached hydrogen (secondary N) is 1. The molecule has 0 fully saturated rings. The van der Waals surface area contributed by atoms with E-state index >= 15 is 0 Å². The Kier molecular flexibility index (Phi) is 4.80. The van der Waals surface area contributed by atoms with E-state index in [9.17, 15) is 9.59 Å². The Morgan fingerprint density at radius 3 is 2.59 bits per heavy atom. The van der Waals surface area contributed by atoms with Gasteiger partial charge in [-0.1, -0.05) is 0 Å². The second kappa shape index (κ2) is 6.60. The summed E-state index contributed by atoms with van der Waals surface area (Å²) in [6, 6.07) is 4.02. The molecule has 22 heavy (non-hydrogen) atoms. The predicted octanol–water partition coefficient (Wildman–Crippen LogP) is 1.40. The average molecular weight is 302 g/mol. The van der Waals surface area contributed by atoms with Crippen LogP contribution in [0.3, 0.4) is 0 Å². The van der Waals surface area contributed by atoms with Crippen LogP contribution in [0, 0.1) is 13.8 Å². The minimum absolute atomic E-state index is 0.0228. The molecule has 2 rings (SSSR count). The molecule has 0 unspecified atom stereocenters. The van der Waals surface area contributed by atoms with Gasteiger partial charge in [-0.3, -0.25) is 14.3 Å². The lowest BCUT2D eigenvalue weighted by molar-refractivity contribution is -0.121. The topological polar surface area (TPSA) is 68.9 Å². The molecule has 0 saturated heterocycles. The highest BCUT2D eigenvalue weighted by atomic mass is 16.2. The second-order valence-corrected chi connectivity index (χ2v) is 5.47. The van der Waals surface area contributed by atoms with Crippen LogP contribution < -0.4 is 5.32 Å². The van der Waals surface area contributed by atoms with Crippen molar-refractivity contribution in [3.8, 4) is 0 Å². The highest BCUT2D eigenvalue weighted by Crippen LogP contribution is 2.13. The molecule has 0 saturated carbocycles. The molecule has 0 atom stereocenters. The molecule has 0 aliphatic heterocycles. The van der Waals surface area contributed by atoms with Crippen molar-refractivity contribution in [2.24, 2.45) is 7.05 Å². The van der Waals surface area contributed by atoms with Gasteiger partial charge in [0.15, 0.2) is 5.78 Å². The predicted molar refractivity (Wildman–Crippen MR) is 83.8 cm³/mol. The molecule has 2 aromatic heterocycles. The van der Waals surface area contributed by atoms with Gasteiger partial charge in [0.1, 0.15) is 6.54 Å². The van der Waals surface area contributed by atoms with Crippen LogP contribution in [0.15, 0.2) is 18.3 Å². The summed E-state index contributed by atoms with van der Waals surface area (Å²) in [5.41, 5.74) is 3.19. The lowest BCUT2D eigenvalue weighted by Crippen LogP contribution is -2.30. The standard InChI is InChI=1S/C16H22N4O2/c1-11-16(13(3)21)12(2)20(18-11)10-15(22)17-8-7-14-6-5-9-19(14)4/h5-6,9H,7-8,10H2,1-4H3,(H,17,22). The zero-order chi connectivity index (χ0) is 16.3. The molecule has 6 nitrogen and oxygen atoms in total. The third kappa shape index (κ3) is 3.44. The quantitative estimate of drug-likeness (QED) is 0.820. The fraction of sp³-hybridized carbons (Fsp3) is 0.438. The number of hydrogen-bond donors (Lipinski definition) is 1. The van der Waals surface area contributed by atoms with E-state index in [1.54, 1.807) is 11.6 Å². The van der Waals surface area contributed by atoms with E-state index in [0.717, 1.165) is 12.1 Å². The molecular formula is C16H22N4O2. The highest BCUT2D eigenvalue weighted by molar-refractivity contribution is 5.96.